The number of carbonyl (C=O) groups is 3. The van der Waals surface area contributed by atoms with Crippen LogP contribution in [-0.4, -0.2) is 58.4 Å². The van der Waals surface area contributed by atoms with Crippen LogP contribution in [-0.2, 0) is 9.59 Å². The minimum atomic E-state index is -0.995. The van der Waals surface area contributed by atoms with Crippen molar-refractivity contribution in [2.75, 3.05) is 19.6 Å². The highest BCUT2D eigenvalue weighted by molar-refractivity contribution is 5.94. The smallest absolute Gasteiger partial charge is 0.323 e. The number of hydrogen-bond acceptors (Lipinski definition) is 3. The van der Waals surface area contributed by atoms with Crippen molar-refractivity contribution in [3.8, 4) is 0 Å². The van der Waals surface area contributed by atoms with E-state index >= 15 is 0 Å². The Balaban J connectivity index is 1.97. The highest BCUT2D eigenvalue weighted by atomic mass is 16.4. The quantitative estimate of drug-likeness (QED) is 0.857. The highest BCUT2D eigenvalue weighted by Gasteiger charge is 2.32. The van der Waals surface area contributed by atoms with E-state index in [0.29, 0.717) is 37.9 Å². The zero-order valence-electron chi connectivity index (χ0n) is 14.9. The van der Waals surface area contributed by atoms with E-state index in [4.69, 9.17) is 5.11 Å². The predicted octanol–water partition coefficient (Wildman–Crippen LogP) is 2.25. The number of carboxylic acid groups (broad SMARTS) is 1. The minimum absolute atomic E-state index is 0.0178. The normalized spacial score (nSPS) is 16.3. The molecule has 1 fully saturated rings. The molecule has 1 aliphatic heterocycles. The number of likely N-dealkylation sites (tertiary alicyclic amines) is 1. The van der Waals surface area contributed by atoms with Crippen molar-refractivity contribution in [2.24, 2.45) is 5.92 Å². The maximum absolute atomic E-state index is 12.7. The molecule has 2 rings (SSSR count). The van der Waals surface area contributed by atoms with Gasteiger partial charge < -0.3 is 14.9 Å². The Morgan fingerprint density at radius 3 is 2.32 bits per heavy atom. The van der Waals surface area contributed by atoms with E-state index in [1.165, 1.54) is 4.90 Å². The van der Waals surface area contributed by atoms with E-state index in [2.05, 4.69) is 0 Å². The average Bonchev–Trinajstić information content (AvgIpc) is 2.65. The fourth-order valence-corrected chi connectivity index (χ4v) is 3.14. The summed E-state index contributed by atoms with van der Waals surface area (Å²) in [7, 11) is 0. The standard InChI is InChI=1S/C19H26N2O4/c1-3-14(2)21(13-17(22)23)19(25)16-9-11-20(12-10-16)18(24)15-7-5-4-6-8-15/h4-8,14,16H,3,9-13H2,1-2H3,(H,22,23). The molecule has 1 aromatic rings. The van der Waals surface area contributed by atoms with Gasteiger partial charge in [0.1, 0.15) is 6.54 Å². The molecule has 1 N–H and O–H groups in total. The third-order valence-electron chi connectivity index (χ3n) is 4.86. The number of carbonyl (C=O) groups excluding carboxylic acids is 2. The molecular weight excluding hydrogens is 320 g/mol. The van der Waals surface area contributed by atoms with Gasteiger partial charge in [0.15, 0.2) is 0 Å². The summed E-state index contributed by atoms with van der Waals surface area (Å²) >= 11 is 0. The summed E-state index contributed by atoms with van der Waals surface area (Å²) in [6, 6.07) is 9.01. The fourth-order valence-electron chi connectivity index (χ4n) is 3.14. The van der Waals surface area contributed by atoms with E-state index in [0.717, 1.165) is 0 Å². The van der Waals surface area contributed by atoms with Crippen LogP contribution in [0, 0.1) is 5.92 Å². The molecule has 0 spiro atoms. The molecule has 6 heteroatoms. The fraction of sp³-hybridized carbons (Fsp3) is 0.526. The molecule has 0 aliphatic carbocycles. The maximum Gasteiger partial charge on any atom is 0.323 e. The van der Waals surface area contributed by atoms with E-state index in [1.807, 2.05) is 32.0 Å². The molecule has 0 aromatic heterocycles. The van der Waals surface area contributed by atoms with Gasteiger partial charge in [0.2, 0.25) is 5.91 Å². The number of amides is 2. The van der Waals surface area contributed by atoms with Crippen molar-refractivity contribution in [3.05, 3.63) is 35.9 Å². The van der Waals surface area contributed by atoms with Crippen molar-refractivity contribution < 1.29 is 19.5 Å². The molecule has 136 valence electrons. The van der Waals surface area contributed by atoms with E-state index in [9.17, 15) is 14.4 Å². The van der Waals surface area contributed by atoms with Gasteiger partial charge in [0.25, 0.3) is 5.91 Å². The van der Waals surface area contributed by atoms with Gasteiger partial charge in [-0.05, 0) is 38.3 Å². The average molecular weight is 346 g/mol. The lowest BCUT2D eigenvalue weighted by atomic mass is 9.94. The van der Waals surface area contributed by atoms with Crippen LogP contribution in [0.3, 0.4) is 0 Å². The first-order valence-corrected chi connectivity index (χ1v) is 8.80. The molecule has 1 atom stereocenters. The Morgan fingerprint density at radius 1 is 1.20 bits per heavy atom. The van der Waals surface area contributed by atoms with E-state index < -0.39 is 5.97 Å². The second-order valence-corrected chi connectivity index (χ2v) is 6.55. The van der Waals surface area contributed by atoms with Crippen LogP contribution in [0.25, 0.3) is 0 Å². The van der Waals surface area contributed by atoms with Gasteiger partial charge in [-0.15, -0.1) is 0 Å². The third-order valence-corrected chi connectivity index (χ3v) is 4.86. The summed E-state index contributed by atoms with van der Waals surface area (Å²) in [4.78, 5) is 39.5. The van der Waals surface area contributed by atoms with Gasteiger partial charge in [-0.2, -0.15) is 0 Å². The molecule has 0 bridgehead atoms. The first-order valence-electron chi connectivity index (χ1n) is 8.80. The van der Waals surface area contributed by atoms with Crippen LogP contribution >= 0.6 is 0 Å². The lowest BCUT2D eigenvalue weighted by Gasteiger charge is -2.35. The molecule has 2 amide bonds. The second kappa shape index (κ2) is 8.65. The minimum Gasteiger partial charge on any atom is -0.480 e. The number of piperidine rings is 1. The van der Waals surface area contributed by atoms with E-state index in [1.54, 1.807) is 17.0 Å². The number of aliphatic carboxylic acids is 1. The third kappa shape index (κ3) is 4.81. The van der Waals surface area contributed by atoms with Crippen molar-refractivity contribution in [2.45, 2.75) is 39.2 Å². The van der Waals surface area contributed by atoms with Gasteiger partial charge in [-0.25, -0.2) is 0 Å². The Morgan fingerprint density at radius 2 is 1.80 bits per heavy atom. The van der Waals surface area contributed by atoms with Crippen molar-refractivity contribution >= 4 is 17.8 Å². The van der Waals surface area contributed by atoms with Gasteiger partial charge in [-0.1, -0.05) is 25.1 Å². The Kier molecular flexibility index (Phi) is 6.56. The summed E-state index contributed by atoms with van der Waals surface area (Å²) < 4.78 is 0. The molecule has 1 aliphatic rings. The lowest BCUT2D eigenvalue weighted by molar-refractivity contribution is -0.148. The first kappa shape index (κ1) is 19.0. The number of hydrogen-bond donors (Lipinski definition) is 1. The summed E-state index contributed by atoms with van der Waals surface area (Å²) in [5.74, 6) is -1.34. The van der Waals surface area contributed by atoms with Gasteiger partial charge in [0.05, 0.1) is 0 Å². The Hall–Kier alpha value is -2.37. The summed E-state index contributed by atoms with van der Waals surface area (Å²) in [6.07, 6.45) is 1.86. The molecule has 0 saturated carbocycles. The molecule has 25 heavy (non-hydrogen) atoms. The molecule has 0 radical (unpaired) electrons. The van der Waals surface area contributed by atoms with E-state index in [-0.39, 0.29) is 30.3 Å². The van der Waals surface area contributed by atoms with Crippen LogP contribution in [0.4, 0.5) is 0 Å². The Bertz CT molecular complexity index is 609. The Labute approximate surface area is 148 Å². The van der Waals surface area contributed by atoms with Gasteiger partial charge in [0, 0.05) is 30.6 Å². The number of rotatable bonds is 6. The van der Waals surface area contributed by atoms with Crippen molar-refractivity contribution in [3.63, 3.8) is 0 Å². The van der Waals surface area contributed by atoms with Crippen molar-refractivity contribution in [1.82, 2.24) is 9.80 Å². The molecule has 1 aromatic carbocycles. The zero-order valence-corrected chi connectivity index (χ0v) is 14.9. The van der Waals surface area contributed by atoms with Crippen LogP contribution in [0.5, 0.6) is 0 Å². The van der Waals surface area contributed by atoms with Crippen LogP contribution in [0.15, 0.2) is 30.3 Å². The highest BCUT2D eigenvalue weighted by Crippen LogP contribution is 2.22. The topological polar surface area (TPSA) is 77.9 Å². The number of nitrogens with zero attached hydrogens (tertiary/aromatic N) is 2. The SMILES string of the molecule is CCC(C)N(CC(=O)O)C(=O)C1CCN(C(=O)c2ccccc2)CC1. The molecule has 1 unspecified atom stereocenters. The largest absolute Gasteiger partial charge is 0.480 e. The predicted molar refractivity (Wildman–Crippen MR) is 94.2 cm³/mol. The van der Waals surface area contributed by atoms with Crippen LogP contribution < -0.4 is 0 Å². The zero-order chi connectivity index (χ0) is 18.4. The van der Waals surface area contributed by atoms with Crippen LogP contribution in [0.2, 0.25) is 0 Å². The summed E-state index contributed by atoms with van der Waals surface area (Å²) in [5.41, 5.74) is 0.652. The van der Waals surface area contributed by atoms with Crippen molar-refractivity contribution in [1.29, 1.82) is 0 Å². The first-order chi connectivity index (χ1) is 11.9. The summed E-state index contributed by atoms with van der Waals surface area (Å²) in [5, 5.41) is 9.07. The lowest BCUT2D eigenvalue weighted by Crippen LogP contribution is -2.48. The van der Waals surface area contributed by atoms with Gasteiger partial charge >= 0.3 is 5.97 Å². The maximum atomic E-state index is 12.7. The van der Waals surface area contributed by atoms with Crippen LogP contribution in [0.1, 0.15) is 43.5 Å². The monoisotopic (exact) mass is 346 g/mol. The molecule has 1 heterocycles. The summed E-state index contributed by atoms with van der Waals surface area (Å²) in [6.45, 7) is 4.58. The van der Waals surface area contributed by atoms with Gasteiger partial charge in [-0.3, -0.25) is 14.4 Å². The molecule has 1 saturated heterocycles. The number of carboxylic acids is 1. The second-order valence-electron chi connectivity index (χ2n) is 6.55. The number of benzene rings is 1. The molecule has 6 nitrogen and oxygen atoms in total. The molecular formula is C19H26N2O4.